The number of aliphatic imine (C=N–C) groups is 1. The predicted octanol–water partition coefficient (Wildman–Crippen LogP) is 4.03. The number of halogens is 1. The summed E-state index contributed by atoms with van der Waals surface area (Å²) in [5, 5.41) is 0.713. The van der Waals surface area contributed by atoms with Crippen LogP contribution in [-0.2, 0) is 6.54 Å². The zero-order valence-corrected chi connectivity index (χ0v) is 14.3. The molecule has 0 unspecified atom stereocenters. The van der Waals surface area contributed by atoms with Gasteiger partial charge >= 0.3 is 0 Å². The molecule has 122 valence electrons. The number of fused-ring (bicyclic) bond motifs is 1. The Balaban J connectivity index is 1.63. The molecule has 0 spiro atoms. The number of carbonyl (C=O) groups excluding carboxylic acids is 1. The molecule has 0 N–H and O–H groups in total. The molecule has 1 fully saturated rings. The second-order valence-electron chi connectivity index (χ2n) is 6.31. The molecule has 3 heterocycles. The summed E-state index contributed by atoms with van der Waals surface area (Å²) in [6.45, 7) is 3.37. The van der Waals surface area contributed by atoms with Crippen LogP contribution in [0.25, 0.3) is 0 Å². The number of aromatic nitrogens is 1. The summed E-state index contributed by atoms with van der Waals surface area (Å²) in [5.41, 5.74) is 4.51. The average Bonchev–Trinajstić information content (AvgIpc) is 3.22. The molecule has 0 saturated carbocycles. The van der Waals surface area contributed by atoms with Crippen LogP contribution in [0.3, 0.4) is 0 Å². The number of hydrogen-bond donors (Lipinski definition) is 0. The van der Waals surface area contributed by atoms with E-state index in [1.807, 2.05) is 48.2 Å². The third-order valence-corrected chi connectivity index (χ3v) is 5.05. The van der Waals surface area contributed by atoms with E-state index >= 15 is 0 Å². The lowest BCUT2D eigenvalue weighted by Gasteiger charge is -2.25. The van der Waals surface area contributed by atoms with Gasteiger partial charge in [0.05, 0.1) is 24.0 Å². The predicted molar refractivity (Wildman–Crippen MR) is 94.6 cm³/mol. The van der Waals surface area contributed by atoms with E-state index in [0.717, 1.165) is 41.9 Å². The average molecular weight is 340 g/mol. The Morgan fingerprint density at radius 1 is 1.21 bits per heavy atom. The van der Waals surface area contributed by atoms with Gasteiger partial charge in [-0.3, -0.25) is 9.79 Å². The molecule has 0 radical (unpaired) electrons. The Hall–Kier alpha value is -2.20. The Bertz CT molecular complexity index is 829. The van der Waals surface area contributed by atoms with Gasteiger partial charge in [0.1, 0.15) is 5.69 Å². The smallest absolute Gasteiger partial charge is 0.272 e. The minimum atomic E-state index is -0.00468. The van der Waals surface area contributed by atoms with E-state index in [9.17, 15) is 4.79 Å². The Morgan fingerprint density at radius 2 is 2.00 bits per heavy atom. The summed E-state index contributed by atoms with van der Waals surface area (Å²) in [6.07, 6.45) is 1.98. The van der Waals surface area contributed by atoms with Crippen molar-refractivity contribution in [3.8, 4) is 0 Å². The molecule has 1 aromatic carbocycles. The second-order valence-corrected chi connectivity index (χ2v) is 6.75. The van der Waals surface area contributed by atoms with E-state index in [1.165, 1.54) is 0 Å². The van der Waals surface area contributed by atoms with Crippen molar-refractivity contribution in [2.75, 3.05) is 6.54 Å². The van der Waals surface area contributed by atoms with Crippen LogP contribution in [0, 0.1) is 0 Å². The maximum Gasteiger partial charge on any atom is 0.272 e. The number of amides is 1. The highest BCUT2D eigenvalue weighted by molar-refractivity contribution is 6.30. The zero-order valence-electron chi connectivity index (χ0n) is 13.5. The van der Waals surface area contributed by atoms with E-state index in [1.54, 1.807) is 0 Å². The zero-order chi connectivity index (χ0) is 16.7. The molecular formula is C19H18ClN3O. The van der Waals surface area contributed by atoms with E-state index < -0.39 is 0 Å². The SMILES string of the molecule is CC1=NCc2ccc(C(=O)N3CCC[C@H]3c3ccc(Cl)cc3)nc21. The van der Waals surface area contributed by atoms with Crippen molar-refractivity contribution < 1.29 is 4.79 Å². The van der Waals surface area contributed by atoms with Crippen molar-refractivity contribution in [3.05, 3.63) is 63.9 Å². The Labute approximate surface area is 146 Å². The van der Waals surface area contributed by atoms with Crippen LogP contribution >= 0.6 is 11.6 Å². The maximum atomic E-state index is 13.0. The number of benzene rings is 1. The van der Waals surface area contributed by atoms with Crippen LogP contribution in [0.5, 0.6) is 0 Å². The summed E-state index contributed by atoms with van der Waals surface area (Å²) in [5.74, 6) is -0.00468. The molecule has 2 aromatic rings. The summed E-state index contributed by atoms with van der Waals surface area (Å²) in [7, 11) is 0. The molecule has 0 bridgehead atoms. The van der Waals surface area contributed by atoms with Crippen molar-refractivity contribution in [2.45, 2.75) is 32.4 Å². The van der Waals surface area contributed by atoms with Gasteiger partial charge in [0.15, 0.2) is 0 Å². The molecule has 24 heavy (non-hydrogen) atoms. The van der Waals surface area contributed by atoms with Crippen LogP contribution in [0.4, 0.5) is 0 Å². The monoisotopic (exact) mass is 339 g/mol. The molecule has 0 aliphatic carbocycles. The largest absolute Gasteiger partial charge is 0.330 e. The molecule has 4 rings (SSSR count). The highest BCUT2D eigenvalue weighted by Gasteiger charge is 2.31. The lowest BCUT2D eigenvalue weighted by molar-refractivity contribution is 0.0729. The first kappa shape index (κ1) is 15.3. The first-order valence-electron chi connectivity index (χ1n) is 8.21. The van der Waals surface area contributed by atoms with Gasteiger partial charge in [-0.1, -0.05) is 29.8 Å². The molecule has 5 heteroatoms. The van der Waals surface area contributed by atoms with Gasteiger partial charge in [-0.2, -0.15) is 0 Å². The number of pyridine rings is 1. The van der Waals surface area contributed by atoms with Crippen molar-refractivity contribution in [3.63, 3.8) is 0 Å². The highest BCUT2D eigenvalue weighted by atomic mass is 35.5. The molecule has 2 aliphatic rings. The number of likely N-dealkylation sites (tertiary alicyclic amines) is 1. The standard InChI is InChI=1S/C19H18ClN3O/c1-12-18-14(11-21-12)6-9-16(22-18)19(24)23-10-2-3-17(23)13-4-7-15(20)8-5-13/h4-9,17H,2-3,10-11H2,1H3/t17-/m0/s1. The number of carbonyl (C=O) groups is 1. The molecule has 1 amide bonds. The van der Waals surface area contributed by atoms with Crippen molar-refractivity contribution >= 4 is 23.2 Å². The van der Waals surface area contributed by atoms with Crippen LogP contribution in [0.1, 0.15) is 53.1 Å². The number of nitrogens with zero attached hydrogens (tertiary/aromatic N) is 3. The maximum absolute atomic E-state index is 13.0. The highest BCUT2D eigenvalue weighted by Crippen LogP contribution is 2.33. The lowest BCUT2D eigenvalue weighted by Crippen LogP contribution is -2.31. The molecule has 1 atom stereocenters. The summed E-state index contributed by atoms with van der Waals surface area (Å²) < 4.78 is 0. The normalized spacial score (nSPS) is 19.3. The van der Waals surface area contributed by atoms with Gasteiger partial charge in [0.25, 0.3) is 5.91 Å². The van der Waals surface area contributed by atoms with Crippen molar-refractivity contribution in [1.29, 1.82) is 0 Å². The third kappa shape index (κ3) is 2.61. The Kier molecular flexibility index (Phi) is 3.85. The van der Waals surface area contributed by atoms with Crippen LogP contribution < -0.4 is 0 Å². The summed E-state index contributed by atoms with van der Waals surface area (Å²) in [4.78, 5) is 23.9. The van der Waals surface area contributed by atoms with E-state index in [4.69, 9.17) is 11.6 Å². The van der Waals surface area contributed by atoms with Crippen molar-refractivity contribution in [2.24, 2.45) is 4.99 Å². The van der Waals surface area contributed by atoms with Crippen LogP contribution in [-0.4, -0.2) is 28.0 Å². The fourth-order valence-electron chi connectivity index (χ4n) is 3.51. The van der Waals surface area contributed by atoms with E-state index in [-0.39, 0.29) is 11.9 Å². The van der Waals surface area contributed by atoms with Gasteiger partial charge < -0.3 is 4.90 Å². The molecule has 1 saturated heterocycles. The van der Waals surface area contributed by atoms with Crippen molar-refractivity contribution in [1.82, 2.24) is 9.88 Å². The fourth-order valence-corrected chi connectivity index (χ4v) is 3.64. The first-order chi connectivity index (χ1) is 11.6. The van der Waals surface area contributed by atoms with E-state index in [0.29, 0.717) is 17.3 Å². The van der Waals surface area contributed by atoms with Crippen LogP contribution in [0.15, 0.2) is 41.4 Å². The minimum Gasteiger partial charge on any atom is -0.330 e. The number of rotatable bonds is 2. The molecule has 4 nitrogen and oxygen atoms in total. The van der Waals surface area contributed by atoms with Gasteiger partial charge in [-0.25, -0.2) is 4.98 Å². The minimum absolute atomic E-state index is 0.00468. The summed E-state index contributed by atoms with van der Waals surface area (Å²) in [6, 6.07) is 11.7. The van der Waals surface area contributed by atoms with Crippen LogP contribution in [0.2, 0.25) is 5.02 Å². The number of hydrogen-bond acceptors (Lipinski definition) is 3. The topological polar surface area (TPSA) is 45.6 Å². The van der Waals surface area contributed by atoms with Gasteiger partial charge in [0, 0.05) is 17.1 Å². The third-order valence-electron chi connectivity index (χ3n) is 4.80. The molecule has 1 aromatic heterocycles. The van der Waals surface area contributed by atoms with Gasteiger partial charge in [-0.05, 0) is 43.5 Å². The quantitative estimate of drug-likeness (QED) is 0.829. The fraction of sp³-hybridized carbons (Fsp3) is 0.316. The van der Waals surface area contributed by atoms with Gasteiger partial charge in [-0.15, -0.1) is 0 Å². The Morgan fingerprint density at radius 3 is 2.79 bits per heavy atom. The molecular weight excluding hydrogens is 322 g/mol. The van der Waals surface area contributed by atoms with Gasteiger partial charge in [0.2, 0.25) is 0 Å². The second kappa shape index (κ2) is 6.02. The summed E-state index contributed by atoms with van der Waals surface area (Å²) >= 11 is 5.98. The lowest BCUT2D eigenvalue weighted by atomic mass is 10.0. The molecule has 2 aliphatic heterocycles. The first-order valence-corrected chi connectivity index (χ1v) is 8.59. The van der Waals surface area contributed by atoms with E-state index in [2.05, 4.69) is 9.98 Å².